The van der Waals surface area contributed by atoms with E-state index in [-0.39, 0.29) is 12.0 Å². The fraction of sp³-hybridized carbons (Fsp3) is 0.615. The van der Waals surface area contributed by atoms with Crippen LogP contribution in [-0.2, 0) is 16.1 Å². The third-order valence-electron chi connectivity index (χ3n) is 2.66. The van der Waals surface area contributed by atoms with Gasteiger partial charge in [-0.1, -0.05) is 13.3 Å². The van der Waals surface area contributed by atoms with Gasteiger partial charge in [-0.2, -0.15) is 11.3 Å². The summed E-state index contributed by atoms with van der Waals surface area (Å²) in [4.78, 5) is 13.9. The molecule has 0 spiro atoms. The maximum atomic E-state index is 11.8. The molecule has 0 aromatic carbocycles. The van der Waals surface area contributed by atoms with Gasteiger partial charge < -0.3 is 4.74 Å². The Morgan fingerprint density at radius 1 is 1.53 bits per heavy atom. The maximum Gasteiger partial charge on any atom is 0.323 e. The lowest BCUT2D eigenvalue weighted by molar-refractivity contribution is -0.149. The number of ether oxygens (including phenoxy) is 1. The first-order chi connectivity index (χ1) is 8.19. The molecule has 0 saturated heterocycles. The topological polar surface area (TPSA) is 29.5 Å². The quantitative estimate of drug-likeness (QED) is 0.702. The first-order valence-electron chi connectivity index (χ1n) is 6.07. The third kappa shape index (κ3) is 4.48. The number of nitrogens with zero attached hydrogens (tertiary/aromatic N) is 1. The third-order valence-corrected chi connectivity index (χ3v) is 3.40. The summed E-state index contributed by atoms with van der Waals surface area (Å²) >= 11 is 1.68. The summed E-state index contributed by atoms with van der Waals surface area (Å²) in [5.74, 6) is -0.105. The van der Waals surface area contributed by atoms with Crippen molar-refractivity contribution in [1.82, 2.24) is 4.90 Å². The molecule has 0 saturated carbocycles. The molecule has 0 amide bonds. The Morgan fingerprint density at radius 3 is 2.82 bits per heavy atom. The van der Waals surface area contributed by atoms with E-state index in [2.05, 4.69) is 28.7 Å². The van der Waals surface area contributed by atoms with E-state index < -0.39 is 0 Å². The monoisotopic (exact) mass is 255 g/mol. The molecule has 1 atom stereocenters. The Labute approximate surface area is 107 Å². The van der Waals surface area contributed by atoms with E-state index in [1.165, 1.54) is 5.56 Å². The molecule has 0 aliphatic rings. The number of hydrogen-bond donors (Lipinski definition) is 0. The number of likely N-dealkylation sites (N-methyl/N-ethyl adjacent to an activating group) is 1. The predicted molar refractivity (Wildman–Crippen MR) is 71.1 cm³/mol. The normalized spacial score (nSPS) is 12.7. The van der Waals surface area contributed by atoms with Gasteiger partial charge in [-0.05, 0) is 42.8 Å². The van der Waals surface area contributed by atoms with Gasteiger partial charge in [-0.15, -0.1) is 0 Å². The first kappa shape index (κ1) is 14.2. The molecular formula is C13H21NO2S. The Balaban J connectivity index is 2.59. The van der Waals surface area contributed by atoms with E-state index in [9.17, 15) is 4.79 Å². The SMILES string of the molecule is CCCC(C(=O)OCC)N(C)Cc1ccsc1. The average molecular weight is 255 g/mol. The number of carbonyl (C=O) groups excluding carboxylic acids is 1. The Hall–Kier alpha value is -0.870. The van der Waals surface area contributed by atoms with Crippen molar-refractivity contribution >= 4 is 17.3 Å². The minimum absolute atomic E-state index is 0.105. The van der Waals surface area contributed by atoms with Crippen LogP contribution >= 0.6 is 11.3 Å². The molecule has 1 aromatic heterocycles. The summed E-state index contributed by atoms with van der Waals surface area (Å²) in [7, 11) is 1.98. The van der Waals surface area contributed by atoms with Gasteiger partial charge in [0.15, 0.2) is 0 Å². The van der Waals surface area contributed by atoms with Gasteiger partial charge in [0.1, 0.15) is 6.04 Å². The summed E-state index contributed by atoms with van der Waals surface area (Å²) in [6, 6.07) is 1.97. The second-order valence-electron chi connectivity index (χ2n) is 4.10. The molecule has 0 fully saturated rings. The van der Waals surface area contributed by atoms with Gasteiger partial charge in [0, 0.05) is 6.54 Å². The lowest BCUT2D eigenvalue weighted by Gasteiger charge is -2.25. The van der Waals surface area contributed by atoms with Crippen LogP contribution in [0.25, 0.3) is 0 Å². The molecule has 3 nitrogen and oxygen atoms in total. The molecule has 0 N–H and O–H groups in total. The van der Waals surface area contributed by atoms with Gasteiger partial charge in [-0.3, -0.25) is 9.69 Å². The van der Waals surface area contributed by atoms with E-state index in [1.807, 2.05) is 14.0 Å². The Bertz CT molecular complexity index is 324. The van der Waals surface area contributed by atoms with Crippen LogP contribution in [0, 0.1) is 0 Å². The average Bonchev–Trinajstić information content (AvgIpc) is 2.78. The van der Waals surface area contributed by atoms with Crippen molar-refractivity contribution in [3.63, 3.8) is 0 Å². The van der Waals surface area contributed by atoms with Gasteiger partial charge >= 0.3 is 5.97 Å². The van der Waals surface area contributed by atoms with Gasteiger partial charge in [0.25, 0.3) is 0 Å². The van der Waals surface area contributed by atoms with Gasteiger partial charge in [0.2, 0.25) is 0 Å². The van der Waals surface area contributed by atoms with E-state index in [0.717, 1.165) is 19.4 Å². The van der Waals surface area contributed by atoms with Crippen molar-refractivity contribution in [2.24, 2.45) is 0 Å². The number of carbonyl (C=O) groups is 1. The fourth-order valence-corrected chi connectivity index (χ4v) is 2.47. The molecule has 4 heteroatoms. The van der Waals surface area contributed by atoms with Crippen LogP contribution in [0.1, 0.15) is 32.3 Å². The first-order valence-corrected chi connectivity index (χ1v) is 7.01. The van der Waals surface area contributed by atoms with E-state index in [1.54, 1.807) is 11.3 Å². The van der Waals surface area contributed by atoms with Gasteiger partial charge in [0.05, 0.1) is 6.61 Å². The lowest BCUT2D eigenvalue weighted by atomic mass is 10.1. The van der Waals surface area contributed by atoms with Crippen LogP contribution < -0.4 is 0 Å². The zero-order valence-corrected chi connectivity index (χ0v) is 11.6. The largest absolute Gasteiger partial charge is 0.465 e. The lowest BCUT2D eigenvalue weighted by Crippen LogP contribution is -2.39. The predicted octanol–water partition coefficient (Wildman–Crippen LogP) is 2.91. The van der Waals surface area contributed by atoms with Crippen molar-refractivity contribution in [1.29, 1.82) is 0 Å². The Kier molecular flexibility index (Phi) is 6.22. The zero-order valence-electron chi connectivity index (χ0n) is 10.8. The molecule has 1 heterocycles. The molecule has 0 aliphatic heterocycles. The molecule has 17 heavy (non-hydrogen) atoms. The summed E-state index contributed by atoms with van der Waals surface area (Å²) < 4.78 is 5.12. The molecule has 1 rings (SSSR count). The number of hydrogen-bond acceptors (Lipinski definition) is 4. The highest BCUT2D eigenvalue weighted by molar-refractivity contribution is 7.07. The fourth-order valence-electron chi connectivity index (χ4n) is 1.81. The van der Waals surface area contributed by atoms with Crippen molar-refractivity contribution in [2.75, 3.05) is 13.7 Å². The molecule has 0 aliphatic carbocycles. The molecular weight excluding hydrogens is 234 g/mol. The summed E-state index contributed by atoms with van der Waals surface area (Å²) in [5.41, 5.74) is 1.25. The summed E-state index contributed by atoms with van der Waals surface area (Å²) in [6.07, 6.45) is 1.83. The van der Waals surface area contributed by atoms with Crippen molar-refractivity contribution in [3.05, 3.63) is 22.4 Å². The highest BCUT2D eigenvalue weighted by Gasteiger charge is 2.23. The highest BCUT2D eigenvalue weighted by Crippen LogP contribution is 2.14. The summed E-state index contributed by atoms with van der Waals surface area (Å²) in [6.45, 7) is 5.18. The van der Waals surface area contributed by atoms with E-state index >= 15 is 0 Å². The molecule has 1 aromatic rings. The van der Waals surface area contributed by atoms with E-state index in [0.29, 0.717) is 6.61 Å². The van der Waals surface area contributed by atoms with Crippen LogP contribution in [0.3, 0.4) is 0 Å². The minimum atomic E-state index is -0.125. The second kappa shape index (κ2) is 7.45. The number of rotatable bonds is 7. The summed E-state index contributed by atoms with van der Waals surface area (Å²) in [5, 5.41) is 4.17. The highest BCUT2D eigenvalue weighted by atomic mass is 32.1. The second-order valence-corrected chi connectivity index (χ2v) is 4.88. The zero-order chi connectivity index (χ0) is 12.7. The van der Waals surface area contributed by atoms with Crippen LogP contribution in [0.2, 0.25) is 0 Å². The van der Waals surface area contributed by atoms with Crippen LogP contribution in [0.15, 0.2) is 16.8 Å². The van der Waals surface area contributed by atoms with Crippen molar-refractivity contribution in [2.45, 2.75) is 39.3 Å². The van der Waals surface area contributed by atoms with Crippen LogP contribution in [-0.4, -0.2) is 30.6 Å². The molecule has 0 bridgehead atoms. The maximum absolute atomic E-state index is 11.8. The molecule has 96 valence electrons. The van der Waals surface area contributed by atoms with Crippen LogP contribution in [0.4, 0.5) is 0 Å². The minimum Gasteiger partial charge on any atom is -0.465 e. The number of esters is 1. The van der Waals surface area contributed by atoms with Crippen molar-refractivity contribution < 1.29 is 9.53 Å². The molecule has 0 radical (unpaired) electrons. The van der Waals surface area contributed by atoms with Crippen molar-refractivity contribution in [3.8, 4) is 0 Å². The Morgan fingerprint density at radius 2 is 2.29 bits per heavy atom. The van der Waals surface area contributed by atoms with Gasteiger partial charge in [-0.25, -0.2) is 0 Å². The van der Waals surface area contributed by atoms with Crippen LogP contribution in [0.5, 0.6) is 0 Å². The smallest absolute Gasteiger partial charge is 0.323 e. The molecule has 1 unspecified atom stereocenters. The standard InChI is InChI=1S/C13H21NO2S/c1-4-6-12(13(15)16-5-2)14(3)9-11-7-8-17-10-11/h7-8,10,12H,4-6,9H2,1-3H3. The number of thiophene rings is 1. The van der Waals surface area contributed by atoms with E-state index in [4.69, 9.17) is 4.74 Å².